The molecule has 0 spiro atoms. The molecule has 1 aromatic carbocycles. The van der Waals surface area contributed by atoms with Crippen LogP contribution in [0.1, 0.15) is 12.5 Å². The molecule has 0 aliphatic heterocycles. The van der Waals surface area contributed by atoms with E-state index in [9.17, 15) is 5.11 Å². The average molecular weight is 178 g/mol. The predicted molar refractivity (Wildman–Crippen MR) is 52.2 cm³/mol. The number of aliphatic hydroxyl groups excluding tert-OH is 1. The molecule has 1 unspecified atom stereocenters. The van der Waals surface area contributed by atoms with E-state index >= 15 is 0 Å². The van der Waals surface area contributed by atoms with Crippen LogP contribution in [0.25, 0.3) is 0 Å². The van der Waals surface area contributed by atoms with Gasteiger partial charge in [0.05, 0.1) is 6.61 Å². The van der Waals surface area contributed by atoms with E-state index < -0.39 is 5.60 Å². The maximum atomic E-state index is 9.99. The Morgan fingerprint density at radius 3 is 2.38 bits per heavy atom. The summed E-state index contributed by atoms with van der Waals surface area (Å²) in [6, 6.07) is 9.17. The van der Waals surface area contributed by atoms with Crippen molar-refractivity contribution in [2.75, 3.05) is 6.61 Å². The molecule has 0 bridgehead atoms. The molecule has 0 aromatic heterocycles. The summed E-state index contributed by atoms with van der Waals surface area (Å²) in [5.74, 6) is 0. The molecular weight excluding hydrogens is 164 g/mol. The minimum Gasteiger partial charge on any atom is -0.392 e. The third kappa shape index (κ3) is 1.97. The molecule has 1 rings (SSSR count). The molecule has 0 radical (unpaired) electrons. The summed E-state index contributed by atoms with van der Waals surface area (Å²) in [6.07, 6.45) is 0. The van der Waals surface area contributed by atoms with Gasteiger partial charge >= 0.3 is 0 Å². The van der Waals surface area contributed by atoms with Crippen molar-refractivity contribution in [1.82, 2.24) is 0 Å². The Kier molecular flexibility index (Phi) is 2.86. The summed E-state index contributed by atoms with van der Waals surface area (Å²) in [4.78, 5) is 0. The van der Waals surface area contributed by atoms with E-state index in [0.717, 1.165) is 5.56 Å². The van der Waals surface area contributed by atoms with Gasteiger partial charge in [0.2, 0.25) is 0 Å². The quantitative estimate of drug-likeness (QED) is 0.688. The summed E-state index contributed by atoms with van der Waals surface area (Å²) < 4.78 is 0. The fraction of sp³-hybridized carbons (Fsp3) is 0.273. The minimum atomic E-state index is -1.14. The average Bonchev–Trinajstić information content (AvgIpc) is 2.18. The van der Waals surface area contributed by atoms with Crippen molar-refractivity contribution in [3.05, 3.63) is 48.0 Å². The van der Waals surface area contributed by atoms with Gasteiger partial charge in [-0.05, 0) is 18.1 Å². The van der Waals surface area contributed by atoms with Crippen LogP contribution in [0.3, 0.4) is 0 Å². The molecule has 2 heteroatoms. The van der Waals surface area contributed by atoms with E-state index in [1.165, 1.54) is 0 Å². The lowest BCUT2D eigenvalue weighted by Gasteiger charge is -2.25. The first-order valence-corrected chi connectivity index (χ1v) is 4.16. The molecular formula is C11H14O2. The smallest absolute Gasteiger partial charge is 0.110 e. The molecule has 2 N–H and O–H groups in total. The lowest BCUT2D eigenvalue weighted by atomic mass is 9.89. The Morgan fingerprint density at radius 1 is 1.38 bits per heavy atom. The van der Waals surface area contributed by atoms with Gasteiger partial charge in [-0.25, -0.2) is 0 Å². The first-order valence-electron chi connectivity index (χ1n) is 4.16. The van der Waals surface area contributed by atoms with Crippen molar-refractivity contribution in [3.8, 4) is 0 Å². The number of rotatable bonds is 3. The Morgan fingerprint density at radius 2 is 1.92 bits per heavy atom. The molecule has 1 aromatic rings. The lowest BCUT2D eigenvalue weighted by molar-refractivity contribution is 0.0839. The van der Waals surface area contributed by atoms with Crippen LogP contribution in [0.4, 0.5) is 0 Å². The highest BCUT2D eigenvalue weighted by Gasteiger charge is 2.25. The van der Waals surface area contributed by atoms with Crippen molar-refractivity contribution in [3.63, 3.8) is 0 Å². The van der Waals surface area contributed by atoms with Crippen LogP contribution in [0.2, 0.25) is 0 Å². The molecule has 2 nitrogen and oxygen atoms in total. The predicted octanol–water partition coefficient (Wildman–Crippen LogP) is 1.44. The molecule has 0 fully saturated rings. The third-order valence-corrected chi connectivity index (χ3v) is 2.22. The van der Waals surface area contributed by atoms with Crippen molar-refractivity contribution < 1.29 is 10.2 Å². The van der Waals surface area contributed by atoms with Crippen LogP contribution < -0.4 is 0 Å². The fourth-order valence-corrected chi connectivity index (χ4v) is 1.12. The van der Waals surface area contributed by atoms with Crippen LogP contribution in [-0.2, 0) is 5.60 Å². The largest absolute Gasteiger partial charge is 0.392 e. The van der Waals surface area contributed by atoms with Gasteiger partial charge in [0.1, 0.15) is 5.60 Å². The van der Waals surface area contributed by atoms with E-state index in [1.54, 1.807) is 19.1 Å². The van der Waals surface area contributed by atoms with Crippen molar-refractivity contribution >= 4 is 0 Å². The van der Waals surface area contributed by atoms with Crippen molar-refractivity contribution in [2.24, 2.45) is 0 Å². The molecule has 0 amide bonds. The van der Waals surface area contributed by atoms with Crippen LogP contribution in [-0.4, -0.2) is 16.8 Å². The number of aliphatic hydroxyl groups is 2. The first-order chi connectivity index (χ1) is 6.09. The zero-order valence-electron chi connectivity index (χ0n) is 7.70. The molecule has 1 atom stereocenters. The highest BCUT2D eigenvalue weighted by atomic mass is 16.3. The fourth-order valence-electron chi connectivity index (χ4n) is 1.12. The van der Waals surface area contributed by atoms with E-state index in [0.29, 0.717) is 5.57 Å². The summed E-state index contributed by atoms with van der Waals surface area (Å²) in [5, 5.41) is 18.9. The molecule has 70 valence electrons. The van der Waals surface area contributed by atoms with E-state index in [-0.39, 0.29) is 6.61 Å². The van der Waals surface area contributed by atoms with E-state index in [1.807, 2.05) is 18.2 Å². The second kappa shape index (κ2) is 3.73. The molecule has 0 saturated carbocycles. The Bertz CT molecular complexity index is 288. The summed E-state index contributed by atoms with van der Waals surface area (Å²) in [7, 11) is 0. The van der Waals surface area contributed by atoms with Crippen LogP contribution in [0.15, 0.2) is 42.5 Å². The zero-order chi connectivity index (χ0) is 9.90. The Hall–Kier alpha value is -1.12. The van der Waals surface area contributed by atoms with Gasteiger partial charge in [-0.15, -0.1) is 0 Å². The standard InChI is InChI=1S/C11H14O2/c1-9(8-12)11(2,13)10-6-4-3-5-7-10/h3-7,12-13H,1,8H2,2H3. The van der Waals surface area contributed by atoms with Gasteiger partial charge in [0, 0.05) is 0 Å². The Balaban J connectivity index is 3.00. The summed E-state index contributed by atoms with van der Waals surface area (Å²) in [5.41, 5.74) is 0.00322. The van der Waals surface area contributed by atoms with Crippen molar-refractivity contribution in [1.29, 1.82) is 0 Å². The topological polar surface area (TPSA) is 40.5 Å². The maximum Gasteiger partial charge on any atom is 0.110 e. The molecule has 0 aliphatic carbocycles. The van der Waals surface area contributed by atoms with Crippen LogP contribution in [0, 0.1) is 0 Å². The highest BCUT2D eigenvalue weighted by Crippen LogP contribution is 2.26. The van der Waals surface area contributed by atoms with E-state index in [2.05, 4.69) is 6.58 Å². The first kappa shape index (κ1) is 9.96. The maximum absolute atomic E-state index is 9.99. The van der Waals surface area contributed by atoms with E-state index in [4.69, 9.17) is 5.11 Å². The van der Waals surface area contributed by atoms with Crippen LogP contribution in [0.5, 0.6) is 0 Å². The summed E-state index contributed by atoms with van der Waals surface area (Å²) in [6.45, 7) is 5.04. The SMILES string of the molecule is C=C(CO)C(C)(O)c1ccccc1. The van der Waals surface area contributed by atoms with Gasteiger partial charge < -0.3 is 10.2 Å². The Labute approximate surface area is 78.2 Å². The van der Waals surface area contributed by atoms with Gasteiger partial charge in [-0.1, -0.05) is 36.9 Å². The minimum absolute atomic E-state index is 0.206. The number of benzene rings is 1. The molecule has 0 saturated heterocycles. The normalized spacial score (nSPS) is 15.0. The highest BCUT2D eigenvalue weighted by molar-refractivity contribution is 5.30. The second-order valence-corrected chi connectivity index (χ2v) is 3.20. The lowest BCUT2D eigenvalue weighted by Crippen LogP contribution is -2.25. The zero-order valence-corrected chi connectivity index (χ0v) is 7.70. The second-order valence-electron chi connectivity index (χ2n) is 3.20. The summed E-state index contributed by atoms with van der Waals surface area (Å²) >= 11 is 0. The number of hydrogen-bond donors (Lipinski definition) is 2. The molecule has 13 heavy (non-hydrogen) atoms. The van der Waals surface area contributed by atoms with Gasteiger partial charge in [0.25, 0.3) is 0 Å². The molecule has 0 aliphatic rings. The van der Waals surface area contributed by atoms with Gasteiger partial charge in [0.15, 0.2) is 0 Å². The number of hydrogen-bond acceptors (Lipinski definition) is 2. The van der Waals surface area contributed by atoms with Crippen LogP contribution >= 0.6 is 0 Å². The monoisotopic (exact) mass is 178 g/mol. The van der Waals surface area contributed by atoms with Gasteiger partial charge in [-0.3, -0.25) is 0 Å². The van der Waals surface area contributed by atoms with Crippen molar-refractivity contribution in [2.45, 2.75) is 12.5 Å². The van der Waals surface area contributed by atoms with Gasteiger partial charge in [-0.2, -0.15) is 0 Å². The third-order valence-electron chi connectivity index (χ3n) is 2.22. The molecule has 0 heterocycles.